The summed E-state index contributed by atoms with van der Waals surface area (Å²) in [6.45, 7) is 3.72. The number of hydrogen-bond donors (Lipinski definition) is 3. The molecule has 1 heterocycles. The summed E-state index contributed by atoms with van der Waals surface area (Å²) >= 11 is 1.88. The van der Waals surface area contributed by atoms with E-state index in [1.54, 1.807) is 4.90 Å². The van der Waals surface area contributed by atoms with Crippen LogP contribution in [0.4, 0.5) is 4.79 Å². The molecule has 0 aliphatic carbocycles. The second-order valence-corrected chi connectivity index (χ2v) is 5.63. The van der Waals surface area contributed by atoms with Crippen molar-refractivity contribution in [1.82, 2.24) is 10.2 Å². The van der Waals surface area contributed by atoms with Crippen molar-refractivity contribution in [2.75, 3.05) is 25.4 Å². The van der Waals surface area contributed by atoms with Crippen molar-refractivity contribution >= 4 is 23.8 Å². The highest BCUT2D eigenvalue weighted by Gasteiger charge is 2.23. The minimum Gasteiger partial charge on any atom is -0.479 e. The van der Waals surface area contributed by atoms with Gasteiger partial charge in [0.15, 0.2) is 6.10 Å². The number of amides is 2. The molecule has 0 aromatic heterocycles. The summed E-state index contributed by atoms with van der Waals surface area (Å²) in [5, 5.41) is 20.7. The van der Waals surface area contributed by atoms with Crippen molar-refractivity contribution in [1.29, 1.82) is 0 Å². The molecule has 104 valence electrons. The van der Waals surface area contributed by atoms with E-state index in [9.17, 15) is 9.59 Å². The molecule has 1 fully saturated rings. The van der Waals surface area contributed by atoms with Crippen molar-refractivity contribution in [2.45, 2.75) is 31.1 Å². The SMILES string of the molecule is CCC1CN(C(=O)NCC[C@H](O)C(=O)O)CCS1. The average molecular weight is 276 g/mol. The maximum Gasteiger partial charge on any atom is 0.332 e. The van der Waals surface area contributed by atoms with Gasteiger partial charge in [0, 0.05) is 37.1 Å². The molecule has 0 saturated carbocycles. The first-order chi connectivity index (χ1) is 8.54. The average Bonchev–Trinajstić information content (AvgIpc) is 2.38. The molecule has 1 aliphatic heterocycles. The van der Waals surface area contributed by atoms with Gasteiger partial charge in [-0.05, 0) is 6.42 Å². The Balaban J connectivity index is 2.26. The van der Waals surface area contributed by atoms with Gasteiger partial charge in [-0.15, -0.1) is 0 Å². The number of carbonyl (C=O) groups excluding carboxylic acids is 1. The van der Waals surface area contributed by atoms with Gasteiger partial charge < -0.3 is 20.4 Å². The summed E-state index contributed by atoms with van der Waals surface area (Å²) in [5.74, 6) is -0.325. The Bertz CT molecular complexity index is 301. The van der Waals surface area contributed by atoms with Crippen molar-refractivity contribution in [3.63, 3.8) is 0 Å². The van der Waals surface area contributed by atoms with Gasteiger partial charge in [0.05, 0.1) is 0 Å². The molecular weight excluding hydrogens is 256 g/mol. The third-order valence-corrected chi connectivity index (χ3v) is 4.23. The lowest BCUT2D eigenvalue weighted by molar-refractivity contribution is -0.146. The molecule has 0 bridgehead atoms. The van der Waals surface area contributed by atoms with E-state index in [2.05, 4.69) is 12.2 Å². The Labute approximate surface area is 111 Å². The van der Waals surface area contributed by atoms with E-state index in [4.69, 9.17) is 10.2 Å². The quantitative estimate of drug-likeness (QED) is 0.674. The highest BCUT2D eigenvalue weighted by atomic mass is 32.2. The fraction of sp³-hybridized carbons (Fsp3) is 0.818. The van der Waals surface area contributed by atoms with Crippen LogP contribution in [0.2, 0.25) is 0 Å². The van der Waals surface area contributed by atoms with E-state index in [1.165, 1.54) is 0 Å². The molecule has 6 nitrogen and oxygen atoms in total. The minimum absolute atomic E-state index is 0.0286. The topological polar surface area (TPSA) is 89.9 Å². The summed E-state index contributed by atoms with van der Waals surface area (Å²) in [4.78, 5) is 23.9. The fourth-order valence-corrected chi connectivity index (χ4v) is 2.88. The van der Waals surface area contributed by atoms with E-state index in [0.29, 0.717) is 11.8 Å². The number of carbonyl (C=O) groups is 2. The number of rotatable bonds is 5. The van der Waals surface area contributed by atoms with Gasteiger partial charge in [0.25, 0.3) is 0 Å². The molecule has 1 saturated heterocycles. The highest BCUT2D eigenvalue weighted by Crippen LogP contribution is 2.20. The van der Waals surface area contributed by atoms with Gasteiger partial charge in [-0.2, -0.15) is 11.8 Å². The summed E-state index contributed by atoms with van der Waals surface area (Å²) < 4.78 is 0. The number of carboxylic acids is 1. The molecule has 7 heteroatoms. The van der Waals surface area contributed by atoms with Crippen molar-refractivity contribution in [2.24, 2.45) is 0 Å². The Morgan fingerprint density at radius 1 is 1.56 bits per heavy atom. The van der Waals surface area contributed by atoms with Gasteiger partial charge in [0.1, 0.15) is 0 Å². The first-order valence-electron chi connectivity index (χ1n) is 6.09. The van der Waals surface area contributed by atoms with Crippen LogP contribution < -0.4 is 5.32 Å². The third kappa shape index (κ3) is 4.73. The Kier molecular flexibility index (Phi) is 6.28. The minimum atomic E-state index is -1.41. The largest absolute Gasteiger partial charge is 0.479 e. The summed E-state index contributed by atoms with van der Waals surface area (Å²) in [6.07, 6.45) is -0.349. The Hall–Kier alpha value is -0.950. The number of thioether (sulfide) groups is 1. The maximum atomic E-state index is 11.8. The molecule has 18 heavy (non-hydrogen) atoms. The third-order valence-electron chi connectivity index (χ3n) is 2.86. The second-order valence-electron chi connectivity index (χ2n) is 4.22. The Morgan fingerprint density at radius 2 is 2.28 bits per heavy atom. The number of aliphatic hydroxyl groups is 1. The number of carboxylic acid groups (broad SMARTS) is 1. The van der Waals surface area contributed by atoms with Gasteiger partial charge >= 0.3 is 12.0 Å². The zero-order valence-electron chi connectivity index (χ0n) is 10.5. The summed E-state index contributed by atoms with van der Waals surface area (Å²) in [6, 6.07) is -0.175. The van der Waals surface area contributed by atoms with Gasteiger partial charge in [-0.25, -0.2) is 9.59 Å². The van der Waals surface area contributed by atoms with Crippen LogP contribution in [0, 0.1) is 0 Å². The van der Waals surface area contributed by atoms with E-state index in [-0.39, 0.29) is 19.0 Å². The van der Waals surface area contributed by atoms with E-state index >= 15 is 0 Å². The predicted molar refractivity (Wildman–Crippen MR) is 69.8 cm³/mol. The maximum absolute atomic E-state index is 11.8. The van der Waals surface area contributed by atoms with Crippen LogP contribution >= 0.6 is 11.8 Å². The van der Waals surface area contributed by atoms with Crippen LogP contribution in [-0.2, 0) is 4.79 Å². The normalized spacial score (nSPS) is 21.4. The monoisotopic (exact) mass is 276 g/mol. The zero-order valence-corrected chi connectivity index (χ0v) is 11.3. The van der Waals surface area contributed by atoms with Crippen LogP contribution in [0.5, 0.6) is 0 Å². The highest BCUT2D eigenvalue weighted by molar-refractivity contribution is 8.00. The molecule has 0 radical (unpaired) electrons. The van der Waals surface area contributed by atoms with E-state index in [1.807, 2.05) is 11.8 Å². The molecule has 1 unspecified atom stereocenters. The smallest absolute Gasteiger partial charge is 0.332 e. The van der Waals surface area contributed by atoms with Crippen molar-refractivity contribution in [3.8, 4) is 0 Å². The summed E-state index contributed by atoms with van der Waals surface area (Å²) in [5.41, 5.74) is 0. The first kappa shape index (κ1) is 15.1. The molecule has 2 amide bonds. The summed E-state index contributed by atoms with van der Waals surface area (Å²) in [7, 11) is 0. The molecule has 0 aromatic rings. The lowest BCUT2D eigenvalue weighted by Gasteiger charge is -2.31. The van der Waals surface area contributed by atoms with Crippen LogP contribution in [0.25, 0.3) is 0 Å². The van der Waals surface area contributed by atoms with Gasteiger partial charge in [0.2, 0.25) is 0 Å². The molecule has 3 N–H and O–H groups in total. The van der Waals surface area contributed by atoms with Crippen LogP contribution in [0.3, 0.4) is 0 Å². The zero-order chi connectivity index (χ0) is 13.5. The lowest BCUT2D eigenvalue weighted by Crippen LogP contribution is -2.47. The van der Waals surface area contributed by atoms with Crippen LogP contribution in [-0.4, -0.2) is 63.9 Å². The lowest BCUT2D eigenvalue weighted by atomic mass is 10.2. The molecule has 0 aromatic carbocycles. The van der Waals surface area contributed by atoms with E-state index in [0.717, 1.165) is 18.7 Å². The molecule has 0 spiro atoms. The number of nitrogens with zero attached hydrogens (tertiary/aromatic N) is 1. The number of aliphatic hydroxyl groups excluding tert-OH is 1. The van der Waals surface area contributed by atoms with Gasteiger partial charge in [-0.1, -0.05) is 6.92 Å². The van der Waals surface area contributed by atoms with E-state index < -0.39 is 12.1 Å². The number of hydrogen-bond acceptors (Lipinski definition) is 4. The van der Waals surface area contributed by atoms with Crippen molar-refractivity contribution < 1.29 is 19.8 Å². The predicted octanol–water partition coefficient (Wildman–Crippen LogP) is 0.359. The number of aliphatic carboxylic acids is 1. The fourth-order valence-electron chi connectivity index (χ4n) is 1.70. The Morgan fingerprint density at radius 3 is 2.89 bits per heavy atom. The first-order valence-corrected chi connectivity index (χ1v) is 7.14. The van der Waals surface area contributed by atoms with Crippen LogP contribution in [0.15, 0.2) is 0 Å². The molecule has 1 aliphatic rings. The van der Waals surface area contributed by atoms with Crippen LogP contribution in [0.1, 0.15) is 19.8 Å². The number of urea groups is 1. The molecule has 1 rings (SSSR count). The standard InChI is InChI=1S/C11H20N2O4S/c1-2-8-7-13(5-6-18-8)11(17)12-4-3-9(14)10(15)16/h8-9,14H,2-7H2,1H3,(H,12,17)(H,15,16)/t8?,9-/m0/s1. The van der Waals surface area contributed by atoms with Gasteiger partial charge in [-0.3, -0.25) is 0 Å². The molecule has 2 atom stereocenters. The number of nitrogens with one attached hydrogen (secondary N) is 1. The molecular formula is C11H20N2O4S. The van der Waals surface area contributed by atoms with Crippen molar-refractivity contribution in [3.05, 3.63) is 0 Å². The second kappa shape index (κ2) is 7.48.